The van der Waals surface area contributed by atoms with Gasteiger partial charge in [0.2, 0.25) is 0 Å². The zero-order valence-corrected chi connectivity index (χ0v) is 10.7. The summed E-state index contributed by atoms with van der Waals surface area (Å²) in [7, 11) is 3.85. The van der Waals surface area contributed by atoms with E-state index in [9.17, 15) is 0 Å². The van der Waals surface area contributed by atoms with Crippen LogP contribution in [-0.2, 0) is 6.42 Å². The van der Waals surface area contributed by atoms with Gasteiger partial charge in [-0.1, -0.05) is 6.07 Å². The second-order valence-corrected chi connectivity index (χ2v) is 3.52. The molecule has 1 aliphatic rings. The minimum absolute atomic E-state index is 0. The highest BCUT2D eigenvalue weighted by Gasteiger charge is 2.13. The first-order valence-corrected chi connectivity index (χ1v) is 4.69. The van der Waals surface area contributed by atoms with Crippen molar-refractivity contribution in [3.05, 3.63) is 23.8 Å². The van der Waals surface area contributed by atoms with Crippen LogP contribution in [0.25, 0.3) is 0 Å². The van der Waals surface area contributed by atoms with Gasteiger partial charge in [-0.2, -0.15) is 0 Å². The number of aryl methyl sites for hydroxylation is 1. The molecule has 0 fully saturated rings. The summed E-state index contributed by atoms with van der Waals surface area (Å²) in [5.74, 6) is 0.951. The van der Waals surface area contributed by atoms with Gasteiger partial charge in [0.25, 0.3) is 0 Å². The Labute approximate surface area is 103 Å². The van der Waals surface area contributed by atoms with E-state index in [0.29, 0.717) is 0 Å². The quantitative estimate of drug-likeness (QED) is 0.759. The van der Waals surface area contributed by atoms with E-state index in [1.54, 1.807) is 7.11 Å². The second kappa shape index (κ2) is 6.09. The number of anilines is 1. The van der Waals surface area contributed by atoms with E-state index in [4.69, 9.17) is 4.74 Å². The van der Waals surface area contributed by atoms with Crippen molar-refractivity contribution in [3.63, 3.8) is 0 Å². The van der Waals surface area contributed by atoms with Crippen LogP contribution in [0.2, 0.25) is 0 Å². The van der Waals surface area contributed by atoms with Crippen LogP contribution >= 0.6 is 24.8 Å². The minimum atomic E-state index is 0. The predicted molar refractivity (Wildman–Crippen MR) is 69.1 cm³/mol. The number of halogens is 2. The van der Waals surface area contributed by atoms with Crippen molar-refractivity contribution in [2.24, 2.45) is 0 Å². The van der Waals surface area contributed by atoms with Gasteiger partial charge in [0, 0.05) is 25.3 Å². The molecule has 86 valence electrons. The molecular formula is C11H17Cl2NO. The number of hydrogen-bond donors (Lipinski definition) is 0. The molecule has 0 bridgehead atoms. The monoisotopic (exact) mass is 249 g/mol. The number of benzene rings is 1. The summed E-state index contributed by atoms with van der Waals surface area (Å²) < 4.78 is 5.20. The van der Waals surface area contributed by atoms with Crippen molar-refractivity contribution in [2.75, 3.05) is 25.6 Å². The summed E-state index contributed by atoms with van der Waals surface area (Å²) in [5, 5.41) is 0. The maximum absolute atomic E-state index is 5.20. The van der Waals surface area contributed by atoms with Crippen LogP contribution < -0.4 is 9.64 Å². The molecule has 0 saturated carbocycles. The van der Waals surface area contributed by atoms with Gasteiger partial charge in [-0.3, -0.25) is 0 Å². The van der Waals surface area contributed by atoms with Crippen LogP contribution in [0.1, 0.15) is 12.0 Å². The summed E-state index contributed by atoms with van der Waals surface area (Å²) in [6.07, 6.45) is 2.46. The number of ether oxygens (including phenoxy) is 1. The Morgan fingerprint density at radius 1 is 1.27 bits per heavy atom. The maximum Gasteiger partial charge on any atom is 0.120 e. The van der Waals surface area contributed by atoms with Crippen molar-refractivity contribution < 1.29 is 4.74 Å². The van der Waals surface area contributed by atoms with Crippen molar-refractivity contribution in [3.8, 4) is 5.75 Å². The zero-order chi connectivity index (χ0) is 9.26. The Morgan fingerprint density at radius 3 is 2.67 bits per heavy atom. The summed E-state index contributed by atoms with van der Waals surface area (Å²) in [6.45, 7) is 1.15. The van der Waals surface area contributed by atoms with Crippen LogP contribution in [0.5, 0.6) is 5.75 Å². The fraction of sp³-hybridized carbons (Fsp3) is 0.455. The van der Waals surface area contributed by atoms with Crippen LogP contribution in [0.4, 0.5) is 5.69 Å². The number of methoxy groups -OCH3 is 1. The average molecular weight is 250 g/mol. The third-order valence-corrected chi connectivity index (χ3v) is 2.64. The molecule has 0 spiro atoms. The van der Waals surface area contributed by atoms with E-state index < -0.39 is 0 Å². The van der Waals surface area contributed by atoms with Gasteiger partial charge >= 0.3 is 0 Å². The van der Waals surface area contributed by atoms with Gasteiger partial charge in [0.05, 0.1) is 7.11 Å². The van der Waals surface area contributed by atoms with E-state index >= 15 is 0 Å². The number of nitrogens with zero attached hydrogens (tertiary/aromatic N) is 1. The molecular weight excluding hydrogens is 233 g/mol. The standard InChI is InChI=1S/C11H15NO.2ClH/c1-12-7-3-4-9-5-6-10(13-2)8-11(9)12;;/h5-6,8H,3-4,7H2,1-2H3;2*1H. The highest BCUT2D eigenvalue weighted by Crippen LogP contribution is 2.29. The summed E-state index contributed by atoms with van der Waals surface area (Å²) in [4.78, 5) is 2.29. The number of hydrogen-bond acceptors (Lipinski definition) is 2. The van der Waals surface area contributed by atoms with Gasteiger partial charge in [-0.15, -0.1) is 24.8 Å². The van der Waals surface area contributed by atoms with Crippen molar-refractivity contribution in [1.29, 1.82) is 0 Å². The molecule has 0 aliphatic carbocycles. The highest BCUT2D eigenvalue weighted by molar-refractivity contribution is 5.85. The zero-order valence-electron chi connectivity index (χ0n) is 9.03. The van der Waals surface area contributed by atoms with E-state index in [1.165, 1.54) is 24.1 Å². The largest absolute Gasteiger partial charge is 0.497 e. The van der Waals surface area contributed by atoms with E-state index in [-0.39, 0.29) is 24.8 Å². The average Bonchev–Trinajstić information content (AvgIpc) is 2.18. The Kier molecular flexibility index (Phi) is 5.84. The fourth-order valence-corrected chi connectivity index (χ4v) is 1.86. The Morgan fingerprint density at radius 2 is 2.00 bits per heavy atom. The first kappa shape index (κ1) is 14.4. The molecule has 1 aliphatic heterocycles. The normalized spacial score (nSPS) is 13.3. The first-order chi connectivity index (χ1) is 6.31. The molecule has 0 saturated heterocycles. The molecule has 0 N–H and O–H groups in total. The molecule has 2 nitrogen and oxygen atoms in total. The molecule has 1 aromatic rings. The highest BCUT2D eigenvalue weighted by atomic mass is 35.5. The SMILES string of the molecule is COc1ccc2c(c1)N(C)CCC2.Cl.Cl. The molecule has 1 heterocycles. The Hall–Kier alpha value is -0.600. The third-order valence-electron chi connectivity index (χ3n) is 2.64. The Balaban J connectivity index is 0.000000980. The molecule has 15 heavy (non-hydrogen) atoms. The summed E-state index contributed by atoms with van der Waals surface area (Å²) >= 11 is 0. The van der Waals surface area contributed by atoms with Gasteiger partial charge in [-0.05, 0) is 24.5 Å². The molecule has 0 unspecified atom stereocenters. The lowest BCUT2D eigenvalue weighted by Gasteiger charge is -2.27. The summed E-state index contributed by atoms with van der Waals surface area (Å²) in [6, 6.07) is 6.33. The molecule has 4 heteroatoms. The maximum atomic E-state index is 5.20. The molecule has 0 atom stereocenters. The lowest BCUT2D eigenvalue weighted by molar-refractivity contribution is 0.414. The van der Waals surface area contributed by atoms with Crippen molar-refractivity contribution >= 4 is 30.5 Å². The van der Waals surface area contributed by atoms with E-state index in [2.05, 4.69) is 24.1 Å². The molecule has 2 rings (SSSR count). The summed E-state index contributed by atoms with van der Waals surface area (Å²) in [5.41, 5.74) is 2.76. The van der Waals surface area contributed by atoms with Gasteiger partial charge < -0.3 is 9.64 Å². The fourth-order valence-electron chi connectivity index (χ4n) is 1.86. The smallest absolute Gasteiger partial charge is 0.120 e. The number of fused-ring (bicyclic) bond motifs is 1. The van der Waals surface area contributed by atoms with Gasteiger partial charge in [0.15, 0.2) is 0 Å². The van der Waals surface area contributed by atoms with Crippen LogP contribution in [0.3, 0.4) is 0 Å². The van der Waals surface area contributed by atoms with Crippen molar-refractivity contribution in [2.45, 2.75) is 12.8 Å². The lowest BCUT2D eigenvalue weighted by atomic mass is 10.0. The lowest BCUT2D eigenvalue weighted by Crippen LogP contribution is -2.24. The third kappa shape index (κ3) is 2.93. The Bertz CT molecular complexity index is 317. The minimum Gasteiger partial charge on any atom is -0.497 e. The van der Waals surface area contributed by atoms with Crippen LogP contribution in [-0.4, -0.2) is 20.7 Å². The molecule has 0 radical (unpaired) electrons. The van der Waals surface area contributed by atoms with Crippen molar-refractivity contribution in [1.82, 2.24) is 0 Å². The first-order valence-electron chi connectivity index (χ1n) is 4.69. The van der Waals surface area contributed by atoms with Gasteiger partial charge in [0.1, 0.15) is 5.75 Å². The van der Waals surface area contributed by atoms with Crippen LogP contribution in [0, 0.1) is 0 Å². The van der Waals surface area contributed by atoms with E-state index in [1.807, 2.05) is 6.07 Å². The predicted octanol–water partition coefficient (Wildman–Crippen LogP) is 2.92. The number of rotatable bonds is 1. The second-order valence-electron chi connectivity index (χ2n) is 3.52. The molecule has 0 amide bonds. The molecule has 1 aromatic carbocycles. The van der Waals surface area contributed by atoms with Gasteiger partial charge in [-0.25, -0.2) is 0 Å². The van der Waals surface area contributed by atoms with Crippen LogP contribution in [0.15, 0.2) is 18.2 Å². The topological polar surface area (TPSA) is 12.5 Å². The van der Waals surface area contributed by atoms with E-state index in [0.717, 1.165) is 12.3 Å². The molecule has 0 aromatic heterocycles.